The molecule has 128 valence electrons. The lowest BCUT2D eigenvalue weighted by atomic mass is 10.1. The molecule has 6 nitrogen and oxygen atoms in total. The number of amides is 2. The first-order chi connectivity index (χ1) is 12.1. The Morgan fingerprint density at radius 2 is 2.28 bits per heavy atom. The summed E-state index contributed by atoms with van der Waals surface area (Å²) in [5, 5.41) is 3.44. The molecule has 1 aromatic carbocycles. The summed E-state index contributed by atoms with van der Waals surface area (Å²) >= 11 is 1.45. The van der Waals surface area contributed by atoms with Gasteiger partial charge in [-0.2, -0.15) is 0 Å². The Morgan fingerprint density at radius 1 is 1.40 bits per heavy atom. The maximum absolute atomic E-state index is 12.5. The first-order valence-corrected chi connectivity index (χ1v) is 8.89. The van der Waals surface area contributed by atoms with E-state index in [0.717, 1.165) is 21.5 Å². The van der Waals surface area contributed by atoms with Gasteiger partial charge in [-0.05, 0) is 30.7 Å². The molecular weight excluding hydrogens is 338 g/mol. The van der Waals surface area contributed by atoms with Crippen LogP contribution in [0.4, 0.5) is 5.13 Å². The van der Waals surface area contributed by atoms with Crippen LogP contribution in [0.15, 0.2) is 41.0 Å². The second kappa shape index (κ2) is 6.33. The number of para-hydroxylation sites is 1. The van der Waals surface area contributed by atoms with Crippen LogP contribution < -0.4 is 5.32 Å². The van der Waals surface area contributed by atoms with Gasteiger partial charge in [0, 0.05) is 13.0 Å². The van der Waals surface area contributed by atoms with E-state index in [1.807, 2.05) is 31.2 Å². The van der Waals surface area contributed by atoms with E-state index >= 15 is 0 Å². The number of hydrogen-bond donors (Lipinski definition) is 1. The molecule has 2 amide bonds. The van der Waals surface area contributed by atoms with E-state index < -0.39 is 0 Å². The lowest BCUT2D eigenvalue weighted by Crippen LogP contribution is -2.27. The van der Waals surface area contributed by atoms with Gasteiger partial charge in [-0.15, -0.1) is 0 Å². The van der Waals surface area contributed by atoms with Crippen LogP contribution in [-0.2, 0) is 16.1 Å². The van der Waals surface area contributed by atoms with Gasteiger partial charge in [0.25, 0.3) is 0 Å². The number of nitrogens with one attached hydrogen (secondary N) is 1. The van der Waals surface area contributed by atoms with E-state index in [0.29, 0.717) is 18.2 Å². The summed E-state index contributed by atoms with van der Waals surface area (Å²) in [6.07, 6.45) is 1.80. The standard InChI is InChI=1S/C18H17N3O3S/c1-11-4-2-6-14-16(11)19-18(25-14)20-17(23)12-8-15(22)21(9-12)10-13-5-3-7-24-13/h2-7,12H,8-10H2,1H3,(H,19,20,23)/t12-/m0/s1. The van der Waals surface area contributed by atoms with Crippen molar-refractivity contribution in [3.63, 3.8) is 0 Å². The summed E-state index contributed by atoms with van der Waals surface area (Å²) in [7, 11) is 0. The quantitative estimate of drug-likeness (QED) is 0.780. The van der Waals surface area contributed by atoms with Gasteiger partial charge in [-0.25, -0.2) is 4.98 Å². The molecule has 0 radical (unpaired) electrons. The summed E-state index contributed by atoms with van der Waals surface area (Å²) in [6.45, 7) is 2.79. The molecule has 1 fully saturated rings. The highest BCUT2D eigenvalue weighted by molar-refractivity contribution is 7.22. The number of fused-ring (bicyclic) bond motifs is 1. The molecule has 0 spiro atoms. The van der Waals surface area contributed by atoms with Crippen molar-refractivity contribution in [2.45, 2.75) is 19.9 Å². The highest BCUT2D eigenvalue weighted by Crippen LogP contribution is 2.29. The fourth-order valence-corrected chi connectivity index (χ4v) is 3.99. The zero-order valence-electron chi connectivity index (χ0n) is 13.7. The molecule has 7 heteroatoms. The molecule has 1 saturated heterocycles. The minimum atomic E-state index is -0.365. The van der Waals surface area contributed by atoms with Gasteiger partial charge >= 0.3 is 0 Å². The Balaban J connectivity index is 1.44. The molecule has 3 heterocycles. The van der Waals surface area contributed by atoms with Crippen LogP contribution in [-0.4, -0.2) is 28.2 Å². The minimum absolute atomic E-state index is 0.0308. The lowest BCUT2D eigenvalue weighted by molar-refractivity contribution is -0.128. The van der Waals surface area contributed by atoms with Crippen LogP contribution in [0.2, 0.25) is 0 Å². The van der Waals surface area contributed by atoms with Gasteiger partial charge in [-0.1, -0.05) is 23.5 Å². The number of anilines is 1. The molecule has 4 rings (SSSR count). The number of aromatic nitrogens is 1. The third-order valence-electron chi connectivity index (χ3n) is 4.36. The van der Waals surface area contributed by atoms with Gasteiger partial charge in [0.1, 0.15) is 5.76 Å². The number of carbonyl (C=O) groups is 2. The SMILES string of the molecule is Cc1cccc2sc(NC(=O)[C@H]3CC(=O)N(Cc4ccco4)C3)nc12. The monoisotopic (exact) mass is 355 g/mol. The van der Waals surface area contributed by atoms with Gasteiger partial charge in [0.2, 0.25) is 11.8 Å². The lowest BCUT2D eigenvalue weighted by Gasteiger charge is -2.14. The number of benzene rings is 1. The number of rotatable bonds is 4. The average molecular weight is 355 g/mol. The predicted octanol–water partition coefficient (Wildman–Crippen LogP) is 3.18. The summed E-state index contributed by atoms with van der Waals surface area (Å²) in [5.74, 6) is 0.162. The topological polar surface area (TPSA) is 75.4 Å². The van der Waals surface area contributed by atoms with Crippen molar-refractivity contribution in [1.29, 1.82) is 0 Å². The number of hydrogen-bond acceptors (Lipinski definition) is 5. The van der Waals surface area contributed by atoms with Crippen molar-refractivity contribution in [3.05, 3.63) is 47.9 Å². The van der Waals surface area contributed by atoms with Crippen molar-refractivity contribution >= 4 is 38.5 Å². The number of furan rings is 1. The maximum atomic E-state index is 12.5. The Hall–Kier alpha value is -2.67. The molecule has 1 N–H and O–H groups in total. The summed E-state index contributed by atoms with van der Waals surface area (Å²) in [6, 6.07) is 9.57. The molecule has 0 saturated carbocycles. The van der Waals surface area contributed by atoms with Crippen molar-refractivity contribution in [1.82, 2.24) is 9.88 Å². The minimum Gasteiger partial charge on any atom is -0.467 e. The number of nitrogens with zero attached hydrogens (tertiary/aromatic N) is 2. The van der Waals surface area contributed by atoms with E-state index in [4.69, 9.17) is 4.42 Å². The molecule has 1 atom stereocenters. The van der Waals surface area contributed by atoms with Crippen LogP contribution in [0.5, 0.6) is 0 Å². The van der Waals surface area contributed by atoms with Crippen LogP contribution in [0.3, 0.4) is 0 Å². The Morgan fingerprint density at radius 3 is 3.04 bits per heavy atom. The number of thiazole rings is 1. The first-order valence-electron chi connectivity index (χ1n) is 8.07. The molecule has 25 heavy (non-hydrogen) atoms. The highest BCUT2D eigenvalue weighted by Gasteiger charge is 2.35. The first kappa shape index (κ1) is 15.8. The van der Waals surface area contributed by atoms with E-state index in [1.54, 1.807) is 17.2 Å². The van der Waals surface area contributed by atoms with E-state index in [2.05, 4.69) is 10.3 Å². The van der Waals surface area contributed by atoms with Crippen molar-refractivity contribution in [2.75, 3.05) is 11.9 Å². The normalized spacial score (nSPS) is 17.4. The number of carbonyl (C=O) groups excluding carboxylic acids is 2. The van der Waals surface area contributed by atoms with Crippen LogP contribution in [0.25, 0.3) is 10.2 Å². The molecule has 3 aromatic rings. The summed E-state index contributed by atoms with van der Waals surface area (Å²) < 4.78 is 6.32. The van der Waals surface area contributed by atoms with E-state index in [9.17, 15) is 9.59 Å². The maximum Gasteiger partial charge on any atom is 0.231 e. The average Bonchev–Trinajstić information content (AvgIpc) is 3.29. The Kier molecular flexibility index (Phi) is 4.01. The third kappa shape index (κ3) is 3.15. The Labute approximate surface area is 148 Å². The third-order valence-corrected chi connectivity index (χ3v) is 5.30. The molecular formula is C18H17N3O3S. The zero-order valence-corrected chi connectivity index (χ0v) is 14.5. The smallest absolute Gasteiger partial charge is 0.231 e. The molecule has 0 bridgehead atoms. The fourth-order valence-electron chi connectivity index (χ4n) is 3.04. The molecule has 0 unspecified atom stereocenters. The van der Waals surface area contributed by atoms with E-state index in [1.165, 1.54) is 11.3 Å². The van der Waals surface area contributed by atoms with Crippen LogP contribution in [0.1, 0.15) is 17.7 Å². The second-order valence-electron chi connectivity index (χ2n) is 6.18. The largest absolute Gasteiger partial charge is 0.467 e. The molecule has 1 aliphatic heterocycles. The Bertz CT molecular complexity index is 932. The van der Waals surface area contributed by atoms with Crippen molar-refractivity contribution in [2.24, 2.45) is 5.92 Å². The summed E-state index contributed by atoms with van der Waals surface area (Å²) in [4.78, 5) is 30.8. The van der Waals surface area contributed by atoms with Gasteiger partial charge < -0.3 is 14.6 Å². The van der Waals surface area contributed by atoms with Crippen LogP contribution >= 0.6 is 11.3 Å². The van der Waals surface area contributed by atoms with Gasteiger partial charge in [0.15, 0.2) is 5.13 Å². The van der Waals surface area contributed by atoms with Gasteiger partial charge in [0.05, 0.1) is 28.9 Å². The number of likely N-dealkylation sites (tertiary alicyclic amines) is 1. The molecule has 1 aliphatic rings. The molecule has 2 aromatic heterocycles. The predicted molar refractivity (Wildman–Crippen MR) is 95.2 cm³/mol. The fraction of sp³-hybridized carbons (Fsp3) is 0.278. The van der Waals surface area contributed by atoms with Crippen molar-refractivity contribution in [3.8, 4) is 0 Å². The van der Waals surface area contributed by atoms with Crippen LogP contribution in [0, 0.1) is 12.8 Å². The second-order valence-corrected chi connectivity index (χ2v) is 7.22. The summed E-state index contributed by atoms with van der Waals surface area (Å²) in [5.41, 5.74) is 1.99. The van der Waals surface area contributed by atoms with E-state index in [-0.39, 0.29) is 24.2 Å². The van der Waals surface area contributed by atoms with Crippen molar-refractivity contribution < 1.29 is 14.0 Å². The molecule has 0 aliphatic carbocycles. The highest BCUT2D eigenvalue weighted by atomic mass is 32.1. The van der Waals surface area contributed by atoms with Gasteiger partial charge in [-0.3, -0.25) is 9.59 Å². The zero-order chi connectivity index (χ0) is 17.4. The number of aryl methyl sites for hydroxylation is 1.